The number of furan rings is 1. The third kappa shape index (κ3) is 4.94. The fourth-order valence-corrected chi connectivity index (χ4v) is 2.93. The van der Waals surface area contributed by atoms with Crippen molar-refractivity contribution < 1.29 is 23.4 Å². The van der Waals surface area contributed by atoms with E-state index in [9.17, 15) is 4.79 Å². The van der Waals surface area contributed by atoms with E-state index in [0.717, 1.165) is 11.3 Å². The minimum Gasteiger partial charge on any atom is -0.497 e. The van der Waals surface area contributed by atoms with Crippen molar-refractivity contribution >= 4 is 5.97 Å². The molecular formula is C23H24O5. The first-order chi connectivity index (χ1) is 13.6. The van der Waals surface area contributed by atoms with E-state index in [0.29, 0.717) is 17.5 Å². The third-order valence-electron chi connectivity index (χ3n) is 4.35. The van der Waals surface area contributed by atoms with Crippen LogP contribution in [-0.4, -0.2) is 13.1 Å². The molecule has 28 heavy (non-hydrogen) atoms. The largest absolute Gasteiger partial charge is 0.497 e. The van der Waals surface area contributed by atoms with Gasteiger partial charge in [0.25, 0.3) is 5.95 Å². The number of para-hydroxylation sites is 1. The molecule has 3 aromatic rings. The van der Waals surface area contributed by atoms with Crippen LogP contribution < -0.4 is 9.47 Å². The van der Waals surface area contributed by atoms with Crippen LogP contribution in [0.2, 0.25) is 0 Å². The summed E-state index contributed by atoms with van der Waals surface area (Å²) in [7, 11) is 1.61. The fourth-order valence-electron chi connectivity index (χ4n) is 2.93. The van der Waals surface area contributed by atoms with E-state index in [4.69, 9.17) is 18.6 Å². The number of carbonyl (C=O) groups is 1. The van der Waals surface area contributed by atoms with Gasteiger partial charge in [-0.05, 0) is 41.8 Å². The highest BCUT2D eigenvalue weighted by atomic mass is 16.6. The number of benzene rings is 2. The molecule has 5 heteroatoms. The number of esters is 1. The Hall–Kier alpha value is -3.21. The molecule has 0 spiro atoms. The van der Waals surface area contributed by atoms with Gasteiger partial charge in [0.1, 0.15) is 23.9 Å². The van der Waals surface area contributed by atoms with Crippen LogP contribution in [0.1, 0.15) is 31.1 Å². The van der Waals surface area contributed by atoms with Crippen LogP contribution in [0.15, 0.2) is 71.1 Å². The van der Waals surface area contributed by atoms with Crippen LogP contribution in [0.4, 0.5) is 0 Å². The smallest absolute Gasteiger partial charge is 0.314 e. The lowest BCUT2D eigenvalue weighted by Crippen LogP contribution is -2.20. The molecule has 1 atom stereocenters. The van der Waals surface area contributed by atoms with Crippen LogP contribution >= 0.6 is 0 Å². The van der Waals surface area contributed by atoms with E-state index in [-0.39, 0.29) is 24.4 Å². The summed E-state index contributed by atoms with van der Waals surface area (Å²) < 4.78 is 21.9. The zero-order valence-electron chi connectivity index (χ0n) is 16.3. The molecular weight excluding hydrogens is 356 g/mol. The molecule has 146 valence electrons. The number of carbonyl (C=O) groups excluding carboxylic acids is 1. The Kier molecular flexibility index (Phi) is 6.37. The van der Waals surface area contributed by atoms with Crippen molar-refractivity contribution in [2.45, 2.75) is 26.4 Å². The lowest BCUT2D eigenvalue weighted by molar-refractivity contribution is -0.148. The molecule has 0 aliphatic rings. The maximum Gasteiger partial charge on any atom is 0.314 e. The summed E-state index contributed by atoms with van der Waals surface area (Å²) in [6.45, 7) is 4.04. The van der Waals surface area contributed by atoms with Gasteiger partial charge in [-0.1, -0.05) is 44.2 Å². The summed E-state index contributed by atoms with van der Waals surface area (Å²) in [5, 5.41) is 0. The maximum atomic E-state index is 12.7. The van der Waals surface area contributed by atoms with E-state index < -0.39 is 0 Å². The van der Waals surface area contributed by atoms with E-state index in [2.05, 4.69) is 0 Å². The van der Waals surface area contributed by atoms with Crippen molar-refractivity contribution in [3.05, 3.63) is 78.1 Å². The number of ether oxygens (including phenoxy) is 3. The SMILES string of the molecule is COc1ccc(C(C(=O)OCc2ccc(Oc3ccccc3)o2)C(C)C)cc1. The van der Waals surface area contributed by atoms with Crippen LogP contribution in [-0.2, 0) is 16.1 Å². The van der Waals surface area contributed by atoms with Gasteiger partial charge in [0.15, 0.2) is 0 Å². The molecule has 0 aliphatic heterocycles. The molecule has 0 saturated heterocycles. The van der Waals surface area contributed by atoms with Gasteiger partial charge in [0, 0.05) is 6.07 Å². The molecule has 0 fully saturated rings. The maximum absolute atomic E-state index is 12.7. The van der Waals surface area contributed by atoms with Gasteiger partial charge in [0.2, 0.25) is 0 Å². The van der Waals surface area contributed by atoms with Crippen LogP contribution in [0, 0.1) is 5.92 Å². The van der Waals surface area contributed by atoms with Gasteiger partial charge in [-0.3, -0.25) is 4.79 Å². The molecule has 0 N–H and O–H groups in total. The Labute approximate surface area is 164 Å². The molecule has 1 unspecified atom stereocenters. The Bertz CT molecular complexity index is 881. The van der Waals surface area contributed by atoms with Gasteiger partial charge < -0.3 is 18.6 Å². The predicted molar refractivity (Wildman–Crippen MR) is 106 cm³/mol. The molecule has 1 heterocycles. The second kappa shape index (κ2) is 9.13. The second-order valence-corrected chi connectivity index (χ2v) is 6.74. The van der Waals surface area contributed by atoms with E-state index in [1.165, 1.54) is 0 Å². The summed E-state index contributed by atoms with van der Waals surface area (Å²) in [4.78, 5) is 12.7. The first-order valence-electron chi connectivity index (χ1n) is 9.19. The molecule has 0 bridgehead atoms. The van der Waals surface area contributed by atoms with Crippen molar-refractivity contribution in [1.82, 2.24) is 0 Å². The Morgan fingerprint density at radius 2 is 1.64 bits per heavy atom. The third-order valence-corrected chi connectivity index (χ3v) is 4.35. The van der Waals surface area contributed by atoms with E-state index >= 15 is 0 Å². The molecule has 5 nitrogen and oxygen atoms in total. The number of rotatable bonds is 8. The minimum atomic E-state index is -0.360. The highest BCUT2D eigenvalue weighted by Gasteiger charge is 2.26. The molecule has 0 radical (unpaired) electrons. The van der Waals surface area contributed by atoms with Gasteiger partial charge in [0.05, 0.1) is 13.0 Å². The number of hydrogen-bond acceptors (Lipinski definition) is 5. The molecule has 3 rings (SSSR count). The Morgan fingerprint density at radius 1 is 0.929 bits per heavy atom. The van der Waals surface area contributed by atoms with Crippen LogP contribution in [0.3, 0.4) is 0 Å². The van der Waals surface area contributed by atoms with E-state index in [1.807, 2.05) is 68.4 Å². The summed E-state index contributed by atoms with van der Waals surface area (Å²) in [5.74, 6) is 1.75. The normalized spacial score (nSPS) is 11.9. The van der Waals surface area contributed by atoms with Gasteiger partial charge in [-0.15, -0.1) is 0 Å². The monoisotopic (exact) mass is 380 g/mol. The summed E-state index contributed by atoms with van der Waals surface area (Å²) >= 11 is 0. The highest BCUT2D eigenvalue weighted by molar-refractivity contribution is 5.78. The number of methoxy groups -OCH3 is 1. The average Bonchev–Trinajstić information content (AvgIpc) is 3.15. The summed E-state index contributed by atoms with van der Waals surface area (Å²) in [5.41, 5.74) is 0.897. The first kappa shape index (κ1) is 19.5. The van der Waals surface area contributed by atoms with Gasteiger partial charge >= 0.3 is 5.97 Å². The van der Waals surface area contributed by atoms with Gasteiger partial charge in [-0.25, -0.2) is 0 Å². The Morgan fingerprint density at radius 3 is 2.29 bits per heavy atom. The average molecular weight is 380 g/mol. The highest BCUT2D eigenvalue weighted by Crippen LogP contribution is 2.29. The fraction of sp³-hybridized carbons (Fsp3) is 0.261. The van der Waals surface area contributed by atoms with E-state index in [1.54, 1.807) is 19.2 Å². The zero-order chi connectivity index (χ0) is 19.9. The van der Waals surface area contributed by atoms with Crippen molar-refractivity contribution in [3.63, 3.8) is 0 Å². The van der Waals surface area contributed by atoms with Crippen molar-refractivity contribution in [2.24, 2.45) is 5.92 Å². The second-order valence-electron chi connectivity index (χ2n) is 6.74. The first-order valence-corrected chi connectivity index (χ1v) is 9.19. The summed E-state index contributed by atoms with van der Waals surface area (Å²) in [6.07, 6.45) is 0. The standard InChI is InChI=1S/C23H24O5/c1-16(2)22(17-9-11-18(25-3)12-10-17)23(24)26-15-20-13-14-21(28-20)27-19-7-5-4-6-8-19/h4-14,16,22H,15H2,1-3H3. The minimum absolute atomic E-state index is 0.0519. The molecule has 1 aromatic heterocycles. The van der Waals surface area contributed by atoms with Gasteiger partial charge in [-0.2, -0.15) is 0 Å². The molecule has 0 aliphatic carbocycles. The van der Waals surface area contributed by atoms with Crippen molar-refractivity contribution in [3.8, 4) is 17.4 Å². The quantitative estimate of drug-likeness (QED) is 0.479. The molecule has 2 aromatic carbocycles. The predicted octanol–water partition coefficient (Wildman–Crippen LogP) is 5.56. The van der Waals surface area contributed by atoms with Crippen LogP contribution in [0.5, 0.6) is 17.4 Å². The van der Waals surface area contributed by atoms with Crippen LogP contribution in [0.25, 0.3) is 0 Å². The molecule has 0 amide bonds. The van der Waals surface area contributed by atoms with Crippen molar-refractivity contribution in [1.29, 1.82) is 0 Å². The lowest BCUT2D eigenvalue weighted by Gasteiger charge is -2.19. The molecule has 0 saturated carbocycles. The van der Waals surface area contributed by atoms with Crippen molar-refractivity contribution in [2.75, 3.05) is 7.11 Å². The Balaban J connectivity index is 1.61. The topological polar surface area (TPSA) is 57.9 Å². The summed E-state index contributed by atoms with van der Waals surface area (Å²) in [6, 6.07) is 20.3. The number of hydrogen-bond donors (Lipinski definition) is 0. The lowest BCUT2D eigenvalue weighted by atomic mass is 9.88. The zero-order valence-corrected chi connectivity index (χ0v) is 16.3.